The molecule has 0 spiro atoms. The van der Waals surface area contributed by atoms with Crippen molar-refractivity contribution in [3.05, 3.63) is 59.4 Å². The molecule has 2 aromatic rings. The fourth-order valence-corrected chi connectivity index (χ4v) is 4.53. The van der Waals surface area contributed by atoms with Gasteiger partial charge >= 0.3 is 0 Å². The van der Waals surface area contributed by atoms with Gasteiger partial charge in [-0.1, -0.05) is 17.9 Å². The van der Waals surface area contributed by atoms with Gasteiger partial charge in [-0.15, -0.1) is 0 Å². The summed E-state index contributed by atoms with van der Waals surface area (Å²) in [7, 11) is 2.97. The van der Waals surface area contributed by atoms with Crippen molar-refractivity contribution in [2.75, 3.05) is 53.6 Å². The molecule has 9 heteroatoms. The highest BCUT2D eigenvalue weighted by molar-refractivity contribution is 6.46. The lowest BCUT2D eigenvalue weighted by molar-refractivity contribution is -0.908. The molecule has 1 N–H and O–H groups in total. The Labute approximate surface area is 198 Å². The van der Waals surface area contributed by atoms with Crippen LogP contribution < -0.4 is 19.5 Å². The van der Waals surface area contributed by atoms with E-state index in [1.807, 2.05) is 0 Å². The van der Waals surface area contributed by atoms with E-state index >= 15 is 0 Å². The highest BCUT2D eigenvalue weighted by Gasteiger charge is 2.44. The molecule has 2 fully saturated rings. The summed E-state index contributed by atoms with van der Waals surface area (Å²) < 4.78 is 16.0. The van der Waals surface area contributed by atoms with E-state index in [1.54, 1.807) is 36.7 Å². The van der Waals surface area contributed by atoms with Crippen molar-refractivity contribution in [3.63, 3.8) is 0 Å². The van der Waals surface area contributed by atoms with Gasteiger partial charge in [0.15, 0.2) is 11.5 Å². The number of carbonyl (C=O) groups is 2. The van der Waals surface area contributed by atoms with Crippen molar-refractivity contribution < 1.29 is 33.8 Å². The zero-order valence-corrected chi connectivity index (χ0v) is 19.4. The van der Waals surface area contributed by atoms with Gasteiger partial charge in [-0.3, -0.25) is 14.6 Å². The van der Waals surface area contributed by atoms with Gasteiger partial charge in [0.1, 0.15) is 13.1 Å². The van der Waals surface area contributed by atoms with E-state index < -0.39 is 23.5 Å². The second-order valence-electron chi connectivity index (χ2n) is 8.30. The Morgan fingerprint density at radius 2 is 1.94 bits per heavy atom. The summed E-state index contributed by atoms with van der Waals surface area (Å²) in [4.78, 5) is 33.2. The molecule has 2 saturated heterocycles. The zero-order chi connectivity index (χ0) is 24.1. The van der Waals surface area contributed by atoms with Crippen LogP contribution >= 0.6 is 0 Å². The summed E-state index contributed by atoms with van der Waals surface area (Å²) in [6.45, 7) is 4.54. The molecule has 3 heterocycles. The van der Waals surface area contributed by atoms with E-state index in [9.17, 15) is 14.7 Å². The number of ketones is 1. The molecule has 0 bridgehead atoms. The molecule has 180 valence electrons. The quantitative estimate of drug-likeness (QED) is 0.321. The third-order valence-electron chi connectivity index (χ3n) is 6.30. The Morgan fingerprint density at radius 1 is 1.18 bits per heavy atom. The molecule has 0 radical (unpaired) electrons. The van der Waals surface area contributed by atoms with Crippen LogP contribution in [0.5, 0.6) is 11.5 Å². The Morgan fingerprint density at radius 3 is 2.62 bits per heavy atom. The number of carbonyl (C=O) groups excluding carboxylic acids is 2. The number of pyridine rings is 1. The van der Waals surface area contributed by atoms with E-state index in [-0.39, 0.29) is 11.1 Å². The number of quaternary nitrogens is 1. The minimum absolute atomic E-state index is 0.0658. The van der Waals surface area contributed by atoms with Crippen LogP contribution in [0.1, 0.15) is 23.6 Å². The average Bonchev–Trinajstić information content (AvgIpc) is 3.14. The number of nitrogens with zero attached hydrogens (tertiary/aromatic N) is 2. The number of morpholine rings is 1. The number of benzene rings is 1. The maximum atomic E-state index is 13.5. The number of hydrogen-bond acceptors (Lipinski definition) is 7. The van der Waals surface area contributed by atoms with Gasteiger partial charge in [0, 0.05) is 30.9 Å². The first-order valence-electron chi connectivity index (χ1n) is 11.3. The number of likely N-dealkylation sites (tertiary alicyclic amines) is 1. The molecule has 0 saturated carbocycles. The minimum atomic E-state index is -0.783. The van der Waals surface area contributed by atoms with Gasteiger partial charge in [0.2, 0.25) is 5.78 Å². The van der Waals surface area contributed by atoms with Crippen LogP contribution in [0.3, 0.4) is 0 Å². The van der Waals surface area contributed by atoms with Gasteiger partial charge in [0.25, 0.3) is 5.91 Å². The van der Waals surface area contributed by atoms with Crippen LogP contribution in [0, 0.1) is 0 Å². The van der Waals surface area contributed by atoms with Gasteiger partial charge in [-0.2, -0.15) is 0 Å². The lowest BCUT2D eigenvalue weighted by atomic mass is 9.96. The number of nitrogens with one attached hydrogen (secondary N) is 1. The van der Waals surface area contributed by atoms with Gasteiger partial charge in [-0.05, 0) is 29.3 Å². The first kappa shape index (κ1) is 23.7. The predicted molar refractivity (Wildman–Crippen MR) is 121 cm³/mol. The lowest BCUT2D eigenvalue weighted by Gasteiger charge is -2.28. The van der Waals surface area contributed by atoms with Crippen molar-refractivity contribution in [1.29, 1.82) is 0 Å². The molecule has 4 rings (SSSR count). The third kappa shape index (κ3) is 4.76. The first-order chi connectivity index (χ1) is 16.5. The smallest absolute Gasteiger partial charge is 0.295 e. The Bertz CT molecular complexity index is 1070. The highest BCUT2D eigenvalue weighted by Crippen LogP contribution is 2.39. The number of methoxy groups -OCH3 is 2. The Hall–Kier alpha value is -3.43. The molecule has 2 aliphatic heterocycles. The van der Waals surface area contributed by atoms with E-state index in [0.717, 1.165) is 32.8 Å². The van der Waals surface area contributed by atoms with E-state index in [2.05, 4.69) is 4.98 Å². The predicted octanol–water partition coefficient (Wildman–Crippen LogP) is -0.372. The van der Waals surface area contributed by atoms with E-state index in [4.69, 9.17) is 14.2 Å². The summed E-state index contributed by atoms with van der Waals surface area (Å²) in [5.41, 5.74) is 0.815. The van der Waals surface area contributed by atoms with Crippen molar-refractivity contribution in [2.24, 2.45) is 0 Å². The summed E-state index contributed by atoms with van der Waals surface area (Å²) in [5, 5.41) is 13.5. The van der Waals surface area contributed by atoms with Crippen LogP contribution in [-0.2, 0) is 14.3 Å². The molecule has 1 atom stereocenters. The molecule has 1 aromatic heterocycles. The number of ether oxygens (including phenoxy) is 3. The van der Waals surface area contributed by atoms with Crippen molar-refractivity contribution in [2.45, 2.75) is 12.5 Å². The van der Waals surface area contributed by atoms with Crippen LogP contribution in [0.2, 0.25) is 0 Å². The molecule has 34 heavy (non-hydrogen) atoms. The fourth-order valence-electron chi connectivity index (χ4n) is 4.53. The average molecular weight is 468 g/mol. The second-order valence-corrected chi connectivity index (χ2v) is 8.30. The number of hydrogen-bond donors (Lipinski definition) is 1. The summed E-state index contributed by atoms with van der Waals surface area (Å²) in [6.07, 6.45) is 3.92. The summed E-state index contributed by atoms with van der Waals surface area (Å²) in [6, 6.07) is 7.43. The monoisotopic (exact) mass is 467 g/mol. The molecule has 9 nitrogen and oxygen atoms in total. The Kier molecular flexibility index (Phi) is 7.44. The van der Waals surface area contributed by atoms with Gasteiger partial charge < -0.3 is 29.1 Å². The van der Waals surface area contributed by atoms with Crippen molar-refractivity contribution in [1.82, 2.24) is 9.88 Å². The first-order valence-corrected chi connectivity index (χ1v) is 11.3. The standard InChI is InChI=1S/C25H29N3O6/c1-32-19-7-6-17(15-20(19)33-2)23(29)21-22(18-5-3-8-26-16-18)28(25(31)24(21)30)10-4-9-27-11-13-34-14-12-27/h3,5-8,15-16,22,29H,4,9-14H2,1-2H3/b23-21+. The molecule has 1 aromatic carbocycles. The van der Waals surface area contributed by atoms with Crippen molar-refractivity contribution in [3.8, 4) is 11.5 Å². The third-order valence-corrected chi connectivity index (χ3v) is 6.30. The van der Waals surface area contributed by atoms with Crippen molar-refractivity contribution >= 4 is 17.4 Å². The molecule has 1 amide bonds. The number of rotatable bonds is 8. The SMILES string of the molecule is COc1ccc(/C([O-])=C2\C(=O)C(=O)N(CCC[NH+]3CCOCC3)C2c2cccnc2)cc1OC. The lowest BCUT2D eigenvalue weighted by Crippen LogP contribution is -3.14. The maximum absolute atomic E-state index is 13.5. The van der Waals surface area contributed by atoms with Gasteiger partial charge in [0.05, 0.1) is 40.0 Å². The normalized spacial score (nSPS) is 20.5. The van der Waals surface area contributed by atoms with Crippen LogP contribution in [0.25, 0.3) is 5.76 Å². The van der Waals surface area contributed by atoms with Crippen LogP contribution in [0.15, 0.2) is 48.3 Å². The van der Waals surface area contributed by atoms with E-state index in [1.165, 1.54) is 30.1 Å². The number of aromatic nitrogens is 1. The van der Waals surface area contributed by atoms with Crippen LogP contribution in [0.4, 0.5) is 0 Å². The van der Waals surface area contributed by atoms with Crippen LogP contribution in [-0.4, -0.2) is 75.2 Å². The second kappa shape index (κ2) is 10.7. The molecular weight excluding hydrogens is 438 g/mol. The molecule has 0 aliphatic carbocycles. The zero-order valence-electron chi connectivity index (χ0n) is 19.4. The van der Waals surface area contributed by atoms with Gasteiger partial charge in [-0.25, -0.2) is 0 Å². The number of Topliss-reactive ketones (excluding diaryl/α,β-unsaturated/α-hetero) is 1. The van der Waals surface area contributed by atoms with E-state index in [0.29, 0.717) is 30.0 Å². The Balaban J connectivity index is 1.67. The molecular formula is C25H29N3O6. The topological polar surface area (TPSA) is 105 Å². The minimum Gasteiger partial charge on any atom is -0.872 e. The summed E-state index contributed by atoms with van der Waals surface area (Å²) >= 11 is 0. The maximum Gasteiger partial charge on any atom is 0.295 e. The fraction of sp³-hybridized carbons (Fsp3) is 0.400. The highest BCUT2D eigenvalue weighted by atomic mass is 16.5. The molecule has 1 unspecified atom stereocenters. The number of amides is 1. The largest absolute Gasteiger partial charge is 0.872 e. The molecule has 2 aliphatic rings. The summed E-state index contributed by atoms with van der Waals surface area (Å²) in [5.74, 6) is -1.10.